The normalized spacial score (nSPS) is 21.0. The van der Waals surface area contributed by atoms with Crippen molar-refractivity contribution in [2.75, 3.05) is 13.2 Å². The average Bonchev–Trinajstić information content (AvgIpc) is 2.17. The molecular weight excluding hydrogens is 166 g/mol. The van der Waals surface area contributed by atoms with Gasteiger partial charge in [-0.25, -0.2) is 0 Å². The highest BCUT2D eigenvalue weighted by Gasteiger charge is 2.31. The Labute approximate surface area is 79.8 Å². The standard InChI is InChI=1S/C10H19NO2/c1-2-13-8-10(11-9-12)6-4-3-5-7-10/h9H,2-8H2,1H3,(H,11,12). The number of hydrogen-bond donors (Lipinski definition) is 1. The van der Waals surface area contributed by atoms with Gasteiger partial charge in [0.25, 0.3) is 0 Å². The van der Waals surface area contributed by atoms with Gasteiger partial charge in [0.2, 0.25) is 6.41 Å². The van der Waals surface area contributed by atoms with Crippen LogP contribution in [0.1, 0.15) is 39.0 Å². The van der Waals surface area contributed by atoms with E-state index in [1.165, 1.54) is 19.3 Å². The van der Waals surface area contributed by atoms with Crippen LogP contribution in [0.4, 0.5) is 0 Å². The first-order valence-electron chi connectivity index (χ1n) is 5.12. The maximum atomic E-state index is 10.5. The molecule has 1 N–H and O–H groups in total. The van der Waals surface area contributed by atoms with E-state index < -0.39 is 0 Å². The molecule has 0 atom stereocenters. The molecule has 3 heteroatoms. The Bertz CT molecular complexity index is 153. The molecule has 0 saturated heterocycles. The van der Waals surface area contributed by atoms with Crippen LogP contribution in [0.5, 0.6) is 0 Å². The van der Waals surface area contributed by atoms with Gasteiger partial charge in [0, 0.05) is 6.61 Å². The molecule has 1 rings (SSSR count). The van der Waals surface area contributed by atoms with E-state index in [4.69, 9.17) is 4.74 Å². The summed E-state index contributed by atoms with van der Waals surface area (Å²) in [6.07, 6.45) is 6.62. The molecule has 13 heavy (non-hydrogen) atoms. The summed E-state index contributed by atoms with van der Waals surface area (Å²) >= 11 is 0. The lowest BCUT2D eigenvalue weighted by Crippen LogP contribution is -2.49. The fourth-order valence-corrected chi connectivity index (χ4v) is 1.98. The molecule has 0 spiro atoms. The summed E-state index contributed by atoms with van der Waals surface area (Å²) in [7, 11) is 0. The molecule has 76 valence electrons. The van der Waals surface area contributed by atoms with Crippen molar-refractivity contribution in [3.05, 3.63) is 0 Å². The third-order valence-electron chi connectivity index (χ3n) is 2.76. The van der Waals surface area contributed by atoms with Crippen LogP contribution < -0.4 is 5.32 Å². The van der Waals surface area contributed by atoms with Crippen molar-refractivity contribution in [1.82, 2.24) is 5.32 Å². The Morgan fingerprint density at radius 3 is 2.62 bits per heavy atom. The van der Waals surface area contributed by atoms with E-state index in [1.54, 1.807) is 0 Å². The van der Waals surface area contributed by atoms with Gasteiger partial charge in [-0.1, -0.05) is 19.3 Å². The molecule has 0 aromatic rings. The minimum Gasteiger partial charge on any atom is -0.379 e. The molecule has 0 aromatic heterocycles. The lowest BCUT2D eigenvalue weighted by atomic mass is 9.82. The van der Waals surface area contributed by atoms with Crippen molar-refractivity contribution >= 4 is 6.41 Å². The molecular formula is C10H19NO2. The predicted octanol–water partition coefficient (Wildman–Crippen LogP) is 1.47. The van der Waals surface area contributed by atoms with E-state index in [0.29, 0.717) is 6.61 Å². The minimum atomic E-state index is -0.0595. The molecule has 1 aliphatic rings. The first kappa shape index (κ1) is 10.5. The highest BCUT2D eigenvalue weighted by atomic mass is 16.5. The van der Waals surface area contributed by atoms with Crippen LogP contribution in [-0.2, 0) is 9.53 Å². The van der Waals surface area contributed by atoms with E-state index >= 15 is 0 Å². The number of rotatable bonds is 5. The van der Waals surface area contributed by atoms with Crippen molar-refractivity contribution in [3.63, 3.8) is 0 Å². The number of amides is 1. The molecule has 3 nitrogen and oxygen atoms in total. The Balaban J connectivity index is 2.45. The number of hydrogen-bond acceptors (Lipinski definition) is 2. The van der Waals surface area contributed by atoms with Gasteiger partial charge in [0.05, 0.1) is 12.1 Å². The fraction of sp³-hybridized carbons (Fsp3) is 0.900. The van der Waals surface area contributed by atoms with Crippen molar-refractivity contribution in [1.29, 1.82) is 0 Å². The predicted molar refractivity (Wildman–Crippen MR) is 51.5 cm³/mol. The lowest BCUT2D eigenvalue weighted by Gasteiger charge is -2.36. The second kappa shape index (κ2) is 5.22. The van der Waals surface area contributed by atoms with Crippen LogP contribution in [0.3, 0.4) is 0 Å². The zero-order valence-corrected chi connectivity index (χ0v) is 8.34. The van der Waals surface area contributed by atoms with Crippen LogP contribution in [0.2, 0.25) is 0 Å². The summed E-state index contributed by atoms with van der Waals surface area (Å²) in [4.78, 5) is 10.5. The summed E-state index contributed by atoms with van der Waals surface area (Å²) in [5.74, 6) is 0. The average molecular weight is 185 g/mol. The van der Waals surface area contributed by atoms with E-state index in [0.717, 1.165) is 25.9 Å². The van der Waals surface area contributed by atoms with Crippen molar-refractivity contribution in [2.24, 2.45) is 0 Å². The molecule has 0 bridgehead atoms. The van der Waals surface area contributed by atoms with Gasteiger partial charge in [0.1, 0.15) is 0 Å². The third-order valence-corrected chi connectivity index (χ3v) is 2.76. The maximum absolute atomic E-state index is 10.5. The van der Waals surface area contributed by atoms with Crippen molar-refractivity contribution in [2.45, 2.75) is 44.6 Å². The van der Waals surface area contributed by atoms with Crippen LogP contribution in [0.25, 0.3) is 0 Å². The fourth-order valence-electron chi connectivity index (χ4n) is 1.98. The molecule has 1 saturated carbocycles. The third kappa shape index (κ3) is 2.99. The summed E-state index contributed by atoms with van der Waals surface area (Å²) < 4.78 is 5.41. The zero-order chi connectivity index (χ0) is 9.57. The second-order valence-corrected chi connectivity index (χ2v) is 3.74. The summed E-state index contributed by atoms with van der Waals surface area (Å²) in [5, 5.41) is 2.93. The minimum absolute atomic E-state index is 0.0595. The molecule has 0 radical (unpaired) electrons. The lowest BCUT2D eigenvalue weighted by molar-refractivity contribution is -0.112. The van der Waals surface area contributed by atoms with E-state index in [1.807, 2.05) is 6.92 Å². The molecule has 1 fully saturated rings. The Kier molecular flexibility index (Phi) is 4.22. The van der Waals surface area contributed by atoms with Crippen LogP contribution in [0, 0.1) is 0 Å². The van der Waals surface area contributed by atoms with Gasteiger partial charge in [-0.05, 0) is 19.8 Å². The van der Waals surface area contributed by atoms with E-state index in [9.17, 15) is 4.79 Å². The monoisotopic (exact) mass is 185 g/mol. The molecule has 0 aromatic carbocycles. The van der Waals surface area contributed by atoms with Crippen molar-refractivity contribution in [3.8, 4) is 0 Å². The largest absolute Gasteiger partial charge is 0.379 e. The molecule has 1 amide bonds. The Hall–Kier alpha value is -0.570. The number of ether oxygens (including phenoxy) is 1. The van der Waals surface area contributed by atoms with E-state index in [-0.39, 0.29) is 5.54 Å². The Morgan fingerprint density at radius 2 is 2.08 bits per heavy atom. The number of carbonyl (C=O) groups excluding carboxylic acids is 1. The summed E-state index contributed by atoms with van der Waals surface area (Å²) in [6, 6.07) is 0. The van der Waals surface area contributed by atoms with E-state index in [2.05, 4.69) is 5.32 Å². The second-order valence-electron chi connectivity index (χ2n) is 3.74. The van der Waals surface area contributed by atoms with Gasteiger partial charge >= 0.3 is 0 Å². The molecule has 1 aliphatic carbocycles. The number of nitrogens with one attached hydrogen (secondary N) is 1. The highest BCUT2D eigenvalue weighted by Crippen LogP contribution is 2.27. The van der Waals surface area contributed by atoms with Crippen LogP contribution in [0.15, 0.2) is 0 Å². The summed E-state index contributed by atoms with van der Waals surface area (Å²) in [6.45, 7) is 3.38. The van der Waals surface area contributed by atoms with Gasteiger partial charge in [0.15, 0.2) is 0 Å². The van der Waals surface area contributed by atoms with Crippen LogP contribution in [-0.4, -0.2) is 25.2 Å². The van der Waals surface area contributed by atoms with Gasteiger partial charge in [-0.3, -0.25) is 4.79 Å². The quantitative estimate of drug-likeness (QED) is 0.659. The molecule has 0 aliphatic heterocycles. The zero-order valence-electron chi connectivity index (χ0n) is 8.34. The van der Waals surface area contributed by atoms with Crippen molar-refractivity contribution < 1.29 is 9.53 Å². The first-order chi connectivity index (χ1) is 6.33. The summed E-state index contributed by atoms with van der Waals surface area (Å²) in [5.41, 5.74) is -0.0595. The maximum Gasteiger partial charge on any atom is 0.207 e. The smallest absolute Gasteiger partial charge is 0.207 e. The molecule has 0 unspecified atom stereocenters. The Morgan fingerprint density at radius 1 is 1.38 bits per heavy atom. The number of carbonyl (C=O) groups is 1. The first-order valence-corrected chi connectivity index (χ1v) is 5.12. The molecule has 0 heterocycles. The van der Waals surface area contributed by atoms with Gasteiger partial charge in [-0.15, -0.1) is 0 Å². The van der Waals surface area contributed by atoms with Crippen LogP contribution >= 0.6 is 0 Å². The van der Waals surface area contributed by atoms with Gasteiger partial charge < -0.3 is 10.1 Å². The highest BCUT2D eigenvalue weighted by molar-refractivity contribution is 5.48. The topological polar surface area (TPSA) is 38.3 Å². The SMILES string of the molecule is CCOCC1(NC=O)CCCCC1. The van der Waals surface area contributed by atoms with Gasteiger partial charge in [-0.2, -0.15) is 0 Å².